The highest BCUT2D eigenvalue weighted by Crippen LogP contribution is 2.24. The molecule has 2 rings (SSSR count). The predicted molar refractivity (Wildman–Crippen MR) is 87.8 cm³/mol. The molecule has 3 nitrogen and oxygen atoms in total. The van der Waals surface area contributed by atoms with E-state index in [9.17, 15) is 4.79 Å². The highest BCUT2D eigenvalue weighted by Gasteiger charge is 2.14. The van der Waals surface area contributed by atoms with Crippen molar-refractivity contribution < 1.29 is 9.53 Å². The Kier molecular flexibility index (Phi) is 5.02. The molecule has 1 unspecified atom stereocenters. The van der Waals surface area contributed by atoms with Crippen molar-refractivity contribution in [2.75, 3.05) is 7.11 Å². The van der Waals surface area contributed by atoms with E-state index in [0.29, 0.717) is 5.56 Å². The Morgan fingerprint density at radius 3 is 2.62 bits per heavy atom. The van der Waals surface area contributed by atoms with Crippen molar-refractivity contribution in [1.29, 1.82) is 0 Å². The van der Waals surface area contributed by atoms with Gasteiger partial charge in [0.2, 0.25) is 0 Å². The number of hydrogen-bond donors (Lipinski definition) is 1. The number of amides is 1. The lowest BCUT2D eigenvalue weighted by atomic mass is 10.1. The third-order valence-electron chi connectivity index (χ3n) is 3.39. The van der Waals surface area contributed by atoms with E-state index in [0.717, 1.165) is 21.3 Å². The van der Waals surface area contributed by atoms with Crippen LogP contribution in [0.5, 0.6) is 5.75 Å². The summed E-state index contributed by atoms with van der Waals surface area (Å²) in [5.74, 6) is 0.604. The van der Waals surface area contributed by atoms with Crippen LogP contribution in [-0.4, -0.2) is 13.0 Å². The fourth-order valence-electron chi connectivity index (χ4n) is 2.15. The number of methoxy groups -OCH3 is 1. The summed E-state index contributed by atoms with van der Waals surface area (Å²) < 4.78 is 6.24. The standard InChI is InChI=1S/C17H18BrNO2/c1-11-8-9-13(10-16(11)21-3)17(20)19-12(2)14-6-4-5-7-15(14)18/h4-10,12H,1-3H3,(H,19,20). The Morgan fingerprint density at radius 1 is 1.24 bits per heavy atom. The van der Waals surface area contributed by atoms with Crippen LogP contribution in [0.4, 0.5) is 0 Å². The second kappa shape index (κ2) is 6.76. The van der Waals surface area contributed by atoms with Crippen LogP contribution in [0, 0.1) is 6.92 Å². The minimum absolute atomic E-state index is 0.0830. The van der Waals surface area contributed by atoms with Crippen molar-refractivity contribution in [2.45, 2.75) is 19.9 Å². The minimum Gasteiger partial charge on any atom is -0.496 e. The van der Waals surface area contributed by atoms with Gasteiger partial charge in [0, 0.05) is 10.0 Å². The lowest BCUT2D eigenvalue weighted by molar-refractivity contribution is 0.0939. The molecule has 0 bridgehead atoms. The van der Waals surface area contributed by atoms with Crippen molar-refractivity contribution in [2.24, 2.45) is 0 Å². The molecule has 0 heterocycles. The highest BCUT2D eigenvalue weighted by molar-refractivity contribution is 9.10. The van der Waals surface area contributed by atoms with E-state index in [4.69, 9.17) is 4.74 Å². The Balaban J connectivity index is 2.16. The van der Waals surface area contributed by atoms with Crippen LogP contribution in [0.15, 0.2) is 46.9 Å². The van der Waals surface area contributed by atoms with E-state index < -0.39 is 0 Å². The van der Waals surface area contributed by atoms with Gasteiger partial charge in [0.25, 0.3) is 5.91 Å². The average Bonchev–Trinajstić information content (AvgIpc) is 2.48. The number of halogens is 1. The first-order valence-corrected chi connectivity index (χ1v) is 7.52. The van der Waals surface area contributed by atoms with Gasteiger partial charge in [0.1, 0.15) is 5.75 Å². The summed E-state index contributed by atoms with van der Waals surface area (Å²) in [7, 11) is 1.60. The molecule has 0 saturated carbocycles. The number of carbonyl (C=O) groups is 1. The fourth-order valence-corrected chi connectivity index (χ4v) is 2.77. The molecule has 0 aromatic heterocycles. The molecule has 0 radical (unpaired) electrons. The first-order chi connectivity index (χ1) is 10.0. The largest absolute Gasteiger partial charge is 0.496 e. The van der Waals surface area contributed by atoms with Gasteiger partial charge in [-0.2, -0.15) is 0 Å². The summed E-state index contributed by atoms with van der Waals surface area (Å²) >= 11 is 3.50. The van der Waals surface area contributed by atoms with Crippen molar-refractivity contribution in [3.63, 3.8) is 0 Å². The molecule has 0 fully saturated rings. The van der Waals surface area contributed by atoms with Crippen LogP contribution < -0.4 is 10.1 Å². The van der Waals surface area contributed by atoms with E-state index in [1.807, 2.05) is 44.2 Å². The Bertz CT molecular complexity index is 655. The van der Waals surface area contributed by atoms with Gasteiger partial charge < -0.3 is 10.1 Å². The zero-order valence-corrected chi connectivity index (χ0v) is 13.9. The highest BCUT2D eigenvalue weighted by atomic mass is 79.9. The van der Waals surface area contributed by atoms with Crippen LogP contribution >= 0.6 is 15.9 Å². The molecular weight excluding hydrogens is 330 g/mol. The number of ether oxygens (including phenoxy) is 1. The van der Waals surface area contributed by atoms with Gasteiger partial charge in [0.15, 0.2) is 0 Å². The number of aryl methyl sites for hydroxylation is 1. The molecule has 0 aliphatic rings. The third kappa shape index (κ3) is 3.64. The molecule has 4 heteroatoms. The van der Waals surface area contributed by atoms with Crippen LogP contribution in [0.2, 0.25) is 0 Å². The van der Waals surface area contributed by atoms with Gasteiger partial charge in [-0.25, -0.2) is 0 Å². The molecule has 1 amide bonds. The van der Waals surface area contributed by atoms with Crippen LogP contribution in [0.25, 0.3) is 0 Å². The SMILES string of the molecule is COc1cc(C(=O)NC(C)c2ccccc2Br)ccc1C. The van der Waals surface area contributed by atoms with E-state index in [-0.39, 0.29) is 11.9 Å². The number of nitrogens with one attached hydrogen (secondary N) is 1. The molecule has 0 aliphatic carbocycles. The molecule has 2 aromatic rings. The molecule has 0 spiro atoms. The predicted octanol–water partition coefficient (Wildman–Crippen LogP) is 4.26. The Labute approximate surface area is 133 Å². The zero-order chi connectivity index (χ0) is 15.4. The second-order valence-corrected chi connectivity index (χ2v) is 5.76. The Hall–Kier alpha value is -1.81. The van der Waals surface area contributed by atoms with Gasteiger partial charge in [-0.15, -0.1) is 0 Å². The van der Waals surface area contributed by atoms with Gasteiger partial charge >= 0.3 is 0 Å². The number of hydrogen-bond acceptors (Lipinski definition) is 2. The quantitative estimate of drug-likeness (QED) is 0.897. The van der Waals surface area contributed by atoms with Crippen LogP contribution in [0.1, 0.15) is 34.5 Å². The molecular formula is C17H18BrNO2. The Morgan fingerprint density at radius 2 is 1.95 bits per heavy atom. The fraction of sp³-hybridized carbons (Fsp3) is 0.235. The maximum absolute atomic E-state index is 12.3. The lowest BCUT2D eigenvalue weighted by Crippen LogP contribution is -2.26. The molecule has 2 aromatic carbocycles. The van der Waals surface area contributed by atoms with E-state index in [1.165, 1.54) is 0 Å². The summed E-state index contributed by atoms with van der Waals surface area (Å²) in [4.78, 5) is 12.3. The smallest absolute Gasteiger partial charge is 0.251 e. The summed E-state index contributed by atoms with van der Waals surface area (Å²) in [5.41, 5.74) is 2.65. The topological polar surface area (TPSA) is 38.3 Å². The van der Waals surface area contributed by atoms with Gasteiger partial charge in [0.05, 0.1) is 13.2 Å². The van der Waals surface area contributed by atoms with E-state index >= 15 is 0 Å². The van der Waals surface area contributed by atoms with Gasteiger partial charge in [-0.05, 0) is 43.2 Å². The van der Waals surface area contributed by atoms with Gasteiger partial charge in [-0.3, -0.25) is 4.79 Å². The molecule has 1 N–H and O–H groups in total. The maximum atomic E-state index is 12.3. The third-order valence-corrected chi connectivity index (χ3v) is 4.11. The van der Waals surface area contributed by atoms with Crippen molar-refractivity contribution in [3.05, 3.63) is 63.6 Å². The minimum atomic E-state index is -0.114. The molecule has 110 valence electrons. The summed E-state index contributed by atoms with van der Waals surface area (Å²) in [5, 5.41) is 3.00. The summed E-state index contributed by atoms with van der Waals surface area (Å²) in [6.07, 6.45) is 0. The molecule has 0 saturated heterocycles. The number of benzene rings is 2. The first-order valence-electron chi connectivity index (χ1n) is 6.73. The van der Waals surface area contributed by atoms with Gasteiger partial charge in [-0.1, -0.05) is 40.2 Å². The monoisotopic (exact) mass is 347 g/mol. The molecule has 0 aliphatic heterocycles. The molecule has 21 heavy (non-hydrogen) atoms. The number of carbonyl (C=O) groups excluding carboxylic acids is 1. The zero-order valence-electron chi connectivity index (χ0n) is 12.3. The molecule has 1 atom stereocenters. The first kappa shape index (κ1) is 15.6. The van der Waals surface area contributed by atoms with E-state index in [1.54, 1.807) is 19.2 Å². The average molecular weight is 348 g/mol. The van der Waals surface area contributed by atoms with Crippen molar-refractivity contribution >= 4 is 21.8 Å². The lowest BCUT2D eigenvalue weighted by Gasteiger charge is -2.16. The van der Waals surface area contributed by atoms with Crippen molar-refractivity contribution in [3.8, 4) is 5.75 Å². The van der Waals surface area contributed by atoms with Crippen molar-refractivity contribution in [1.82, 2.24) is 5.32 Å². The maximum Gasteiger partial charge on any atom is 0.251 e. The normalized spacial score (nSPS) is 11.8. The number of rotatable bonds is 4. The van der Waals surface area contributed by atoms with E-state index in [2.05, 4.69) is 21.2 Å². The van der Waals surface area contributed by atoms with Crippen LogP contribution in [-0.2, 0) is 0 Å². The second-order valence-electron chi connectivity index (χ2n) is 4.90. The summed E-state index contributed by atoms with van der Waals surface area (Å²) in [6, 6.07) is 13.2. The summed E-state index contributed by atoms with van der Waals surface area (Å²) in [6.45, 7) is 3.91. The van der Waals surface area contributed by atoms with Crippen LogP contribution in [0.3, 0.4) is 0 Å².